The summed E-state index contributed by atoms with van der Waals surface area (Å²) in [5.41, 5.74) is 0.763. The number of hydrogen-bond acceptors (Lipinski definition) is 0. The van der Waals surface area contributed by atoms with Gasteiger partial charge in [0.1, 0.15) is 13.8 Å². The molecule has 0 aromatic rings. The first-order chi connectivity index (χ1) is 5.90. The van der Waals surface area contributed by atoms with Gasteiger partial charge in [-0.2, -0.15) is 0 Å². The Balaban J connectivity index is 4.87. The van der Waals surface area contributed by atoms with Crippen molar-refractivity contribution in [3.63, 3.8) is 0 Å². The first-order valence-corrected chi connectivity index (χ1v) is 5.44. The van der Waals surface area contributed by atoms with Crippen LogP contribution in [0.5, 0.6) is 0 Å². The molecule has 0 aromatic carbocycles. The normalized spacial score (nSPS) is 14.3. The molecule has 0 aliphatic carbocycles. The number of hydrogen-bond donors (Lipinski definition) is 0. The van der Waals surface area contributed by atoms with Crippen molar-refractivity contribution in [2.24, 2.45) is 10.8 Å². The Labute approximate surface area is 90.2 Å². The summed E-state index contributed by atoms with van der Waals surface area (Å²) in [6.45, 7) is 20.1. The second-order valence-corrected chi connectivity index (χ2v) is 6.88. The zero-order valence-corrected chi connectivity index (χ0v) is 11.4. The van der Waals surface area contributed by atoms with Crippen LogP contribution in [-0.4, -0.2) is 23.9 Å². The van der Waals surface area contributed by atoms with Crippen LogP contribution in [0, 0.1) is 10.8 Å². The molecule has 0 aliphatic rings. The topological polar surface area (TPSA) is 3.01 Å². The van der Waals surface area contributed by atoms with Crippen molar-refractivity contribution in [2.45, 2.75) is 60.4 Å². The Morgan fingerprint density at radius 2 is 1.29 bits per heavy atom. The van der Waals surface area contributed by atoms with Gasteiger partial charge in [-0.25, -0.2) is 4.58 Å². The molecule has 0 heterocycles. The molecule has 0 aromatic heterocycles. The van der Waals surface area contributed by atoms with Gasteiger partial charge in [-0.15, -0.1) is 0 Å². The van der Waals surface area contributed by atoms with E-state index in [1.54, 1.807) is 0 Å². The number of nitrogens with zero attached hydrogens (tertiary/aromatic N) is 1. The van der Waals surface area contributed by atoms with Gasteiger partial charge in [0.05, 0.1) is 0 Å². The molecule has 0 bridgehead atoms. The first-order valence-electron chi connectivity index (χ1n) is 5.44. The minimum absolute atomic E-state index is 0.125. The molecular weight excluding hydrogens is 170 g/mol. The predicted octanol–water partition coefficient (Wildman–Crippen LogP) is 3.57. The lowest BCUT2D eigenvalue weighted by Crippen LogP contribution is -2.48. The molecule has 0 spiro atoms. The van der Waals surface area contributed by atoms with Crippen LogP contribution in [0.3, 0.4) is 0 Å². The van der Waals surface area contributed by atoms with Crippen molar-refractivity contribution in [1.29, 1.82) is 0 Å². The van der Waals surface area contributed by atoms with Crippen molar-refractivity contribution in [2.75, 3.05) is 7.05 Å². The highest BCUT2D eigenvalue weighted by Gasteiger charge is 2.45. The molecule has 0 saturated carbocycles. The highest BCUT2D eigenvalue weighted by Crippen LogP contribution is 2.42. The molecule has 0 fully saturated rings. The van der Waals surface area contributed by atoms with E-state index in [4.69, 9.17) is 0 Å². The van der Waals surface area contributed by atoms with Crippen LogP contribution < -0.4 is 0 Å². The van der Waals surface area contributed by atoms with Crippen molar-refractivity contribution >= 4 is 6.72 Å². The van der Waals surface area contributed by atoms with E-state index in [9.17, 15) is 0 Å². The summed E-state index contributed by atoms with van der Waals surface area (Å²) in [4.78, 5) is 0. The molecule has 0 amide bonds. The lowest BCUT2D eigenvalue weighted by molar-refractivity contribution is -0.588. The molecule has 0 atom stereocenters. The summed E-state index contributed by atoms with van der Waals surface area (Å²) >= 11 is 0. The Morgan fingerprint density at radius 1 is 0.929 bits per heavy atom. The fourth-order valence-electron chi connectivity index (χ4n) is 2.06. The molecule has 1 heteroatoms. The lowest BCUT2D eigenvalue weighted by atomic mass is 9.66. The summed E-state index contributed by atoms with van der Waals surface area (Å²) < 4.78 is 2.08. The van der Waals surface area contributed by atoms with Crippen LogP contribution in [0.2, 0.25) is 0 Å². The third-order valence-corrected chi connectivity index (χ3v) is 3.58. The molecule has 0 N–H and O–H groups in total. The maximum atomic E-state index is 4.04. The van der Waals surface area contributed by atoms with Gasteiger partial charge in [-0.3, -0.25) is 0 Å². The van der Waals surface area contributed by atoms with Gasteiger partial charge in [-0.05, 0) is 11.8 Å². The number of rotatable bonds is 3. The molecule has 0 saturated heterocycles. The van der Waals surface area contributed by atoms with Crippen LogP contribution in [0.25, 0.3) is 0 Å². The SMILES string of the molecule is C=[N+](C)C(C)(C)C(C)(C)CC(C)(C)C. The Bertz CT molecular complexity index is 216. The van der Waals surface area contributed by atoms with E-state index >= 15 is 0 Å². The molecule has 14 heavy (non-hydrogen) atoms. The van der Waals surface area contributed by atoms with E-state index in [1.165, 1.54) is 6.42 Å². The predicted molar refractivity (Wildman–Crippen MR) is 65.2 cm³/mol. The van der Waals surface area contributed by atoms with Crippen LogP contribution in [0.4, 0.5) is 0 Å². The fourth-order valence-corrected chi connectivity index (χ4v) is 2.06. The fraction of sp³-hybridized carbons (Fsp3) is 0.923. The molecule has 84 valence electrons. The van der Waals surface area contributed by atoms with E-state index in [0.29, 0.717) is 5.41 Å². The maximum absolute atomic E-state index is 4.04. The standard InChI is InChI=1S/C13H28N/c1-11(2,3)10-12(4,5)13(6,7)14(8)9/h8,10H2,1-7,9H3/q+1. The van der Waals surface area contributed by atoms with E-state index in [0.717, 1.165) is 0 Å². The smallest absolute Gasteiger partial charge is 0.161 e. The molecular formula is C13H28N+. The van der Waals surface area contributed by atoms with E-state index in [2.05, 4.69) is 66.8 Å². The van der Waals surface area contributed by atoms with Crippen molar-refractivity contribution in [1.82, 2.24) is 0 Å². The first kappa shape index (κ1) is 13.7. The van der Waals surface area contributed by atoms with Gasteiger partial charge in [0.15, 0.2) is 5.54 Å². The second kappa shape index (κ2) is 3.67. The van der Waals surface area contributed by atoms with Crippen molar-refractivity contribution < 1.29 is 4.58 Å². The lowest BCUT2D eigenvalue weighted by Gasteiger charge is -2.41. The minimum atomic E-state index is 0.125. The quantitative estimate of drug-likeness (QED) is 0.482. The van der Waals surface area contributed by atoms with Gasteiger partial charge in [-0.1, -0.05) is 34.6 Å². The molecule has 0 aliphatic heterocycles. The molecule has 1 nitrogen and oxygen atoms in total. The van der Waals surface area contributed by atoms with Gasteiger partial charge in [0.25, 0.3) is 0 Å². The van der Waals surface area contributed by atoms with Gasteiger partial charge < -0.3 is 0 Å². The van der Waals surface area contributed by atoms with Gasteiger partial charge in [0.2, 0.25) is 0 Å². The van der Waals surface area contributed by atoms with E-state index in [-0.39, 0.29) is 11.0 Å². The van der Waals surface area contributed by atoms with Gasteiger partial charge >= 0.3 is 0 Å². The summed E-state index contributed by atoms with van der Waals surface area (Å²) in [6, 6.07) is 0. The van der Waals surface area contributed by atoms with Crippen molar-refractivity contribution in [3.05, 3.63) is 0 Å². The van der Waals surface area contributed by atoms with Gasteiger partial charge in [0, 0.05) is 19.3 Å². The molecule has 0 unspecified atom stereocenters. The Hall–Kier alpha value is -0.330. The maximum Gasteiger partial charge on any atom is 0.161 e. The summed E-state index contributed by atoms with van der Waals surface area (Å²) in [6.07, 6.45) is 1.20. The monoisotopic (exact) mass is 198 g/mol. The van der Waals surface area contributed by atoms with Crippen molar-refractivity contribution in [3.8, 4) is 0 Å². The van der Waals surface area contributed by atoms with E-state index in [1.807, 2.05) is 0 Å². The third-order valence-electron chi connectivity index (χ3n) is 3.58. The summed E-state index contributed by atoms with van der Waals surface area (Å²) in [5.74, 6) is 0. The van der Waals surface area contributed by atoms with Crippen LogP contribution in [0.1, 0.15) is 54.9 Å². The van der Waals surface area contributed by atoms with E-state index < -0.39 is 0 Å². The summed E-state index contributed by atoms with van der Waals surface area (Å²) in [5, 5.41) is 0. The van der Waals surface area contributed by atoms with Crippen LogP contribution in [-0.2, 0) is 0 Å². The molecule has 0 radical (unpaired) electrons. The van der Waals surface area contributed by atoms with Crippen LogP contribution >= 0.6 is 0 Å². The average molecular weight is 198 g/mol. The average Bonchev–Trinajstić information content (AvgIpc) is 1.80. The summed E-state index contributed by atoms with van der Waals surface area (Å²) in [7, 11) is 2.06. The third kappa shape index (κ3) is 3.11. The zero-order valence-electron chi connectivity index (χ0n) is 11.4. The highest BCUT2D eigenvalue weighted by molar-refractivity contribution is 5.15. The second-order valence-electron chi connectivity index (χ2n) is 6.88. The molecule has 0 rings (SSSR count). The largest absolute Gasteiger partial charge is 0.240 e. The Morgan fingerprint density at radius 3 is 1.50 bits per heavy atom. The minimum Gasteiger partial charge on any atom is -0.240 e. The zero-order chi connectivity index (χ0) is 11.8. The Kier molecular flexibility index (Phi) is 3.59. The van der Waals surface area contributed by atoms with Crippen LogP contribution in [0.15, 0.2) is 0 Å². The highest BCUT2D eigenvalue weighted by atomic mass is 15.0.